The van der Waals surface area contributed by atoms with Crippen molar-refractivity contribution in [2.75, 3.05) is 38.1 Å². The largest absolute Gasteiger partial charge is 0.358 e. The van der Waals surface area contributed by atoms with Crippen LogP contribution in [0, 0.1) is 38.0 Å². The topological polar surface area (TPSA) is 43.2 Å². The minimum Gasteiger partial charge on any atom is -0.358 e. The summed E-state index contributed by atoms with van der Waals surface area (Å²) in [5.74, 6) is 1.51. The molecule has 0 aromatic carbocycles. The molecule has 2 heterocycles. The molecule has 2 rings (SSSR count). The maximum absolute atomic E-state index is 9.48. The van der Waals surface area contributed by atoms with Gasteiger partial charge < -0.3 is 9.80 Å². The van der Waals surface area contributed by atoms with Gasteiger partial charge in [0.05, 0.1) is 5.56 Å². The number of aromatic nitrogens is 1. The van der Waals surface area contributed by atoms with E-state index in [0.717, 1.165) is 47.8 Å². The molecule has 1 aromatic heterocycles. The van der Waals surface area contributed by atoms with Gasteiger partial charge in [-0.05, 0) is 57.3 Å². The lowest BCUT2D eigenvalue weighted by Gasteiger charge is -2.25. The third-order valence-corrected chi connectivity index (χ3v) is 4.80. The molecule has 0 aliphatic carbocycles. The fourth-order valence-electron chi connectivity index (χ4n) is 3.16. The second-order valence-electron chi connectivity index (χ2n) is 6.19. The molecule has 114 valence electrons. The van der Waals surface area contributed by atoms with Crippen molar-refractivity contribution >= 4 is 5.82 Å². The number of anilines is 1. The summed E-state index contributed by atoms with van der Waals surface area (Å²) in [7, 11) is 2.06. The van der Waals surface area contributed by atoms with Gasteiger partial charge in [0.25, 0.3) is 0 Å². The molecule has 0 radical (unpaired) electrons. The van der Waals surface area contributed by atoms with Crippen LogP contribution in [0.3, 0.4) is 0 Å². The minimum atomic E-state index is 0.671. The SMILES string of the molecule is CCN1CCC(CN(C)c2nc(C)c(C)c(C)c2C#N)C1. The Kier molecular flexibility index (Phi) is 4.84. The van der Waals surface area contributed by atoms with Crippen molar-refractivity contribution in [1.29, 1.82) is 5.26 Å². The summed E-state index contributed by atoms with van der Waals surface area (Å²) in [6, 6.07) is 2.34. The number of rotatable bonds is 4. The zero-order chi connectivity index (χ0) is 15.6. The van der Waals surface area contributed by atoms with E-state index in [9.17, 15) is 5.26 Å². The van der Waals surface area contributed by atoms with Crippen LogP contribution in [0.5, 0.6) is 0 Å². The molecular formula is C17H26N4. The lowest BCUT2D eigenvalue weighted by atomic mass is 10.0. The van der Waals surface area contributed by atoms with Gasteiger partial charge in [-0.1, -0.05) is 6.92 Å². The Hall–Kier alpha value is -1.60. The van der Waals surface area contributed by atoms with Crippen LogP contribution >= 0.6 is 0 Å². The molecule has 1 atom stereocenters. The van der Waals surface area contributed by atoms with Crippen molar-refractivity contribution in [3.63, 3.8) is 0 Å². The highest BCUT2D eigenvalue weighted by atomic mass is 15.2. The zero-order valence-electron chi connectivity index (χ0n) is 13.9. The van der Waals surface area contributed by atoms with Crippen LogP contribution in [0.15, 0.2) is 0 Å². The summed E-state index contributed by atoms with van der Waals surface area (Å²) in [5.41, 5.74) is 3.94. The maximum atomic E-state index is 9.48. The molecule has 1 unspecified atom stereocenters. The van der Waals surface area contributed by atoms with Gasteiger partial charge in [-0.15, -0.1) is 0 Å². The van der Waals surface area contributed by atoms with E-state index in [-0.39, 0.29) is 0 Å². The van der Waals surface area contributed by atoms with Gasteiger partial charge in [0, 0.05) is 25.8 Å². The third-order valence-electron chi connectivity index (χ3n) is 4.80. The van der Waals surface area contributed by atoms with Gasteiger partial charge in [-0.3, -0.25) is 0 Å². The van der Waals surface area contributed by atoms with E-state index in [0.29, 0.717) is 5.92 Å². The van der Waals surface area contributed by atoms with Crippen molar-refractivity contribution in [2.45, 2.75) is 34.1 Å². The predicted molar refractivity (Wildman–Crippen MR) is 86.7 cm³/mol. The van der Waals surface area contributed by atoms with Crippen LogP contribution in [0.2, 0.25) is 0 Å². The molecule has 4 heteroatoms. The molecule has 4 nitrogen and oxygen atoms in total. The number of nitrogens with zero attached hydrogens (tertiary/aromatic N) is 4. The van der Waals surface area contributed by atoms with E-state index in [4.69, 9.17) is 0 Å². The van der Waals surface area contributed by atoms with Gasteiger partial charge in [0.15, 0.2) is 0 Å². The number of nitriles is 1. The quantitative estimate of drug-likeness (QED) is 0.853. The first-order valence-corrected chi connectivity index (χ1v) is 7.79. The van der Waals surface area contributed by atoms with Crippen molar-refractivity contribution in [1.82, 2.24) is 9.88 Å². The Bertz CT molecular complexity index is 559. The van der Waals surface area contributed by atoms with Crippen LogP contribution in [0.25, 0.3) is 0 Å². The van der Waals surface area contributed by atoms with Gasteiger partial charge >= 0.3 is 0 Å². The Labute approximate surface area is 128 Å². The summed E-state index contributed by atoms with van der Waals surface area (Å²) in [6.45, 7) is 12.8. The highest BCUT2D eigenvalue weighted by molar-refractivity contribution is 5.60. The second-order valence-corrected chi connectivity index (χ2v) is 6.19. The number of likely N-dealkylation sites (tertiary alicyclic amines) is 1. The number of aryl methyl sites for hydroxylation is 1. The summed E-state index contributed by atoms with van der Waals surface area (Å²) >= 11 is 0. The first-order valence-electron chi connectivity index (χ1n) is 7.79. The van der Waals surface area contributed by atoms with Crippen molar-refractivity contribution < 1.29 is 0 Å². The Balaban J connectivity index is 2.20. The fourth-order valence-corrected chi connectivity index (χ4v) is 3.16. The van der Waals surface area contributed by atoms with Crippen LogP contribution in [0.1, 0.15) is 35.7 Å². The predicted octanol–water partition coefficient (Wildman–Crippen LogP) is 2.66. The molecule has 21 heavy (non-hydrogen) atoms. The normalized spacial score (nSPS) is 18.8. The summed E-state index contributed by atoms with van der Waals surface area (Å²) in [5, 5.41) is 9.48. The molecule has 1 aliphatic heterocycles. The smallest absolute Gasteiger partial charge is 0.146 e. The van der Waals surface area contributed by atoms with Gasteiger partial charge in [-0.25, -0.2) is 4.98 Å². The maximum Gasteiger partial charge on any atom is 0.146 e. The molecule has 0 spiro atoms. The molecule has 0 bridgehead atoms. The van der Waals surface area contributed by atoms with Crippen molar-refractivity contribution in [2.24, 2.45) is 5.92 Å². The Morgan fingerprint density at radius 3 is 2.62 bits per heavy atom. The first-order chi connectivity index (χ1) is 9.97. The first kappa shape index (κ1) is 15.8. The summed E-state index contributed by atoms with van der Waals surface area (Å²) in [4.78, 5) is 9.33. The monoisotopic (exact) mass is 286 g/mol. The molecule has 1 fully saturated rings. The van der Waals surface area contributed by atoms with E-state index in [1.165, 1.54) is 13.0 Å². The molecule has 1 aliphatic rings. The molecule has 0 amide bonds. The second kappa shape index (κ2) is 6.44. The standard InChI is InChI=1S/C17H26N4/c1-6-21-8-7-15(11-21)10-20(5)17-16(9-18)13(3)12(2)14(4)19-17/h15H,6-8,10-11H2,1-5H3. The highest BCUT2D eigenvalue weighted by Crippen LogP contribution is 2.26. The average molecular weight is 286 g/mol. The van der Waals surface area contributed by atoms with Gasteiger partial charge in [0.1, 0.15) is 11.9 Å². The van der Waals surface area contributed by atoms with Crippen LogP contribution < -0.4 is 4.90 Å². The van der Waals surface area contributed by atoms with E-state index < -0.39 is 0 Å². The molecule has 0 saturated carbocycles. The van der Waals surface area contributed by atoms with Gasteiger partial charge in [0.2, 0.25) is 0 Å². The van der Waals surface area contributed by atoms with E-state index >= 15 is 0 Å². The van der Waals surface area contributed by atoms with E-state index in [1.54, 1.807) is 0 Å². The Morgan fingerprint density at radius 1 is 1.33 bits per heavy atom. The lowest BCUT2D eigenvalue weighted by Crippen LogP contribution is -2.29. The molecule has 0 N–H and O–H groups in total. The Morgan fingerprint density at radius 2 is 2.05 bits per heavy atom. The van der Waals surface area contributed by atoms with Gasteiger partial charge in [-0.2, -0.15) is 5.26 Å². The lowest BCUT2D eigenvalue weighted by molar-refractivity contribution is 0.343. The molecule has 1 saturated heterocycles. The van der Waals surface area contributed by atoms with Crippen molar-refractivity contribution in [3.8, 4) is 6.07 Å². The number of pyridine rings is 1. The number of hydrogen-bond acceptors (Lipinski definition) is 4. The summed E-state index contributed by atoms with van der Waals surface area (Å²) < 4.78 is 0. The molecular weight excluding hydrogens is 260 g/mol. The average Bonchev–Trinajstić information content (AvgIpc) is 2.92. The van der Waals surface area contributed by atoms with Crippen molar-refractivity contribution in [3.05, 3.63) is 22.4 Å². The zero-order valence-corrected chi connectivity index (χ0v) is 13.9. The van der Waals surface area contributed by atoms with Crippen LogP contribution in [0.4, 0.5) is 5.82 Å². The highest BCUT2D eigenvalue weighted by Gasteiger charge is 2.24. The fraction of sp³-hybridized carbons (Fsp3) is 0.647. The van der Waals surface area contributed by atoms with Crippen LogP contribution in [-0.2, 0) is 0 Å². The van der Waals surface area contributed by atoms with E-state index in [2.05, 4.69) is 34.8 Å². The third kappa shape index (κ3) is 3.19. The van der Waals surface area contributed by atoms with Crippen LogP contribution in [-0.4, -0.2) is 43.1 Å². The minimum absolute atomic E-state index is 0.671. The number of hydrogen-bond donors (Lipinski definition) is 0. The molecule has 1 aromatic rings. The van der Waals surface area contributed by atoms with E-state index in [1.807, 2.05) is 20.8 Å². The summed E-state index contributed by atoms with van der Waals surface area (Å²) in [6.07, 6.45) is 1.24.